The number of hydrogen-bond acceptors (Lipinski definition) is 5. The molecule has 1 aliphatic heterocycles. The van der Waals surface area contributed by atoms with E-state index in [1.54, 1.807) is 0 Å². The van der Waals surface area contributed by atoms with E-state index >= 15 is 0 Å². The van der Waals surface area contributed by atoms with E-state index in [1.807, 2.05) is 35.4 Å². The highest BCUT2D eigenvalue weighted by Crippen LogP contribution is 2.25. The number of halogens is 1. The Morgan fingerprint density at radius 3 is 2.84 bits per heavy atom. The highest BCUT2D eigenvalue weighted by Gasteiger charge is 2.18. The number of benzene rings is 1. The van der Waals surface area contributed by atoms with Crippen molar-refractivity contribution in [3.05, 3.63) is 63.2 Å². The van der Waals surface area contributed by atoms with Gasteiger partial charge in [0, 0.05) is 56.5 Å². The summed E-state index contributed by atoms with van der Waals surface area (Å²) in [5.74, 6) is 2.57. The van der Waals surface area contributed by atoms with Crippen LogP contribution in [0.4, 0.5) is 5.82 Å². The Bertz CT molecular complexity index is 1240. The lowest BCUT2D eigenvalue weighted by Gasteiger charge is -2.22. The molecule has 0 bridgehead atoms. The summed E-state index contributed by atoms with van der Waals surface area (Å²) in [5, 5.41) is 8.35. The summed E-state index contributed by atoms with van der Waals surface area (Å²) in [5.41, 5.74) is 5.35. The molecule has 8 heteroatoms. The van der Waals surface area contributed by atoms with Gasteiger partial charge in [0.05, 0.1) is 9.26 Å². The second kappa shape index (κ2) is 9.19. The SMILES string of the molecule is Cc1nn2c(NCc3cccc(-c4nccn4C)c3)cc(CC3CCOCC3)nc2c1I. The molecule has 0 saturated carbocycles. The van der Waals surface area contributed by atoms with Crippen molar-refractivity contribution in [2.45, 2.75) is 32.7 Å². The lowest BCUT2D eigenvalue weighted by atomic mass is 9.95. The summed E-state index contributed by atoms with van der Waals surface area (Å²) in [4.78, 5) is 9.44. The van der Waals surface area contributed by atoms with Crippen LogP contribution in [0.1, 0.15) is 29.8 Å². The Labute approximate surface area is 201 Å². The maximum Gasteiger partial charge on any atom is 0.171 e. The molecule has 5 rings (SSSR count). The molecule has 1 fully saturated rings. The molecule has 4 heterocycles. The molecule has 1 N–H and O–H groups in total. The van der Waals surface area contributed by atoms with Crippen molar-refractivity contribution in [3.63, 3.8) is 0 Å². The number of hydrogen-bond donors (Lipinski definition) is 1. The number of imidazole rings is 1. The van der Waals surface area contributed by atoms with E-state index in [9.17, 15) is 0 Å². The fourth-order valence-corrected chi connectivity index (χ4v) is 4.74. The Balaban J connectivity index is 1.42. The number of fused-ring (bicyclic) bond motifs is 1. The topological polar surface area (TPSA) is 69.3 Å². The summed E-state index contributed by atoms with van der Waals surface area (Å²) in [7, 11) is 2.02. The summed E-state index contributed by atoms with van der Waals surface area (Å²) < 4.78 is 10.6. The predicted molar refractivity (Wildman–Crippen MR) is 134 cm³/mol. The number of rotatable bonds is 6. The summed E-state index contributed by atoms with van der Waals surface area (Å²) in [6, 6.07) is 10.7. The summed E-state index contributed by atoms with van der Waals surface area (Å²) in [6.45, 7) is 4.44. The molecule has 4 aromatic rings. The van der Waals surface area contributed by atoms with Gasteiger partial charge in [0.2, 0.25) is 0 Å². The average molecular weight is 542 g/mol. The molecule has 0 atom stereocenters. The normalized spacial score (nSPS) is 14.8. The molecule has 0 amide bonds. The third-order valence-corrected chi connectivity index (χ3v) is 7.33. The number of ether oxygens (including phenoxy) is 1. The standard InChI is InChI=1S/C24H27IN6O/c1-16-22(25)24-28-20(13-17-6-10-32-11-7-17)14-21(31(24)29-16)27-15-18-4-3-5-19(12-18)23-26-8-9-30(23)2/h3-5,8-9,12,14,17,27H,6-7,10-11,13,15H2,1-2H3. The van der Waals surface area contributed by atoms with Crippen molar-refractivity contribution in [1.82, 2.24) is 24.1 Å². The van der Waals surface area contributed by atoms with E-state index in [1.165, 1.54) is 5.56 Å². The fraction of sp³-hybridized carbons (Fsp3) is 0.375. The van der Waals surface area contributed by atoms with Gasteiger partial charge in [0.15, 0.2) is 5.65 Å². The van der Waals surface area contributed by atoms with Crippen molar-refractivity contribution in [1.29, 1.82) is 0 Å². The van der Waals surface area contributed by atoms with Crippen LogP contribution >= 0.6 is 22.6 Å². The molecule has 0 radical (unpaired) electrons. The predicted octanol–water partition coefficient (Wildman–Crippen LogP) is 4.62. The van der Waals surface area contributed by atoms with Crippen LogP contribution in [0.5, 0.6) is 0 Å². The van der Waals surface area contributed by atoms with Gasteiger partial charge < -0.3 is 14.6 Å². The molecule has 1 aliphatic rings. The molecule has 0 spiro atoms. The van der Waals surface area contributed by atoms with Crippen molar-refractivity contribution < 1.29 is 4.74 Å². The molecule has 7 nitrogen and oxygen atoms in total. The van der Waals surface area contributed by atoms with Crippen LogP contribution in [0.2, 0.25) is 0 Å². The quantitative estimate of drug-likeness (QED) is 0.360. The zero-order valence-corrected chi connectivity index (χ0v) is 20.5. The Hall–Kier alpha value is -2.46. The Morgan fingerprint density at radius 2 is 2.06 bits per heavy atom. The molecule has 166 valence electrons. The zero-order valence-electron chi connectivity index (χ0n) is 18.4. The monoisotopic (exact) mass is 542 g/mol. The first kappa shape index (κ1) is 21.4. The number of nitrogens with zero attached hydrogens (tertiary/aromatic N) is 5. The second-order valence-corrected chi connectivity index (χ2v) is 9.52. The van der Waals surface area contributed by atoms with Gasteiger partial charge >= 0.3 is 0 Å². The van der Waals surface area contributed by atoms with E-state index in [0.717, 1.165) is 70.3 Å². The third kappa shape index (κ3) is 4.38. The summed E-state index contributed by atoms with van der Waals surface area (Å²) >= 11 is 2.35. The van der Waals surface area contributed by atoms with Crippen molar-refractivity contribution in [3.8, 4) is 11.4 Å². The van der Waals surface area contributed by atoms with E-state index in [4.69, 9.17) is 14.8 Å². The Morgan fingerprint density at radius 1 is 1.22 bits per heavy atom. The van der Waals surface area contributed by atoms with Crippen molar-refractivity contribution in [2.24, 2.45) is 13.0 Å². The van der Waals surface area contributed by atoms with E-state index in [-0.39, 0.29) is 0 Å². The first-order valence-corrected chi connectivity index (χ1v) is 12.1. The van der Waals surface area contributed by atoms with Gasteiger partial charge in [0.1, 0.15) is 11.6 Å². The molecule has 1 aromatic carbocycles. The van der Waals surface area contributed by atoms with Crippen LogP contribution in [0.15, 0.2) is 42.7 Å². The van der Waals surface area contributed by atoms with Gasteiger partial charge in [0.25, 0.3) is 0 Å². The Kier molecular flexibility index (Phi) is 6.14. The molecule has 3 aromatic heterocycles. The van der Waals surface area contributed by atoms with Gasteiger partial charge in [-0.2, -0.15) is 9.61 Å². The highest BCUT2D eigenvalue weighted by molar-refractivity contribution is 14.1. The van der Waals surface area contributed by atoms with Crippen LogP contribution in [-0.4, -0.2) is 37.4 Å². The van der Waals surface area contributed by atoms with Gasteiger partial charge in [-0.05, 0) is 66.3 Å². The van der Waals surface area contributed by atoms with Gasteiger partial charge in [-0.3, -0.25) is 0 Å². The summed E-state index contributed by atoms with van der Waals surface area (Å²) in [6.07, 6.45) is 6.98. The molecule has 1 saturated heterocycles. The minimum atomic E-state index is 0.627. The fourth-order valence-electron chi connectivity index (χ4n) is 4.28. The van der Waals surface area contributed by atoms with Crippen molar-refractivity contribution in [2.75, 3.05) is 18.5 Å². The van der Waals surface area contributed by atoms with Gasteiger partial charge in [-0.15, -0.1) is 0 Å². The smallest absolute Gasteiger partial charge is 0.171 e. The molecular weight excluding hydrogens is 515 g/mol. The minimum Gasteiger partial charge on any atom is -0.381 e. The lowest BCUT2D eigenvalue weighted by molar-refractivity contribution is 0.0663. The van der Waals surface area contributed by atoms with Crippen molar-refractivity contribution >= 4 is 34.1 Å². The second-order valence-electron chi connectivity index (χ2n) is 8.44. The molecule has 32 heavy (non-hydrogen) atoms. The molecule has 0 aliphatic carbocycles. The lowest BCUT2D eigenvalue weighted by Crippen LogP contribution is -2.18. The van der Waals surface area contributed by atoms with E-state index in [2.05, 4.69) is 63.2 Å². The zero-order chi connectivity index (χ0) is 22.1. The average Bonchev–Trinajstić information content (AvgIpc) is 3.36. The minimum absolute atomic E-state index is 0.627. The maximum atomic E-state index is 5.53. The first-order valence-electron chi connectivity index (χ1n) is 11.0. The van der Waals surface area contributed by atoms with E-state index in [0.29, 0.717) is 12.5 Å². The van der Waals surface area contributed by atoms with Crippen LogP contribution < -0.4 is 5.32 Å². The van der Waals surface area contributed by atoms with E-state index < -0.39 is 0 Å². The maximum absolute atomic E-state index is 5.53. The highest BCUT2D eigenvalue weighted by atomic mass is 127. The molecular formula is C24H27IN6O. The van der Waals surface area contributed by atoms with Crippen LogP contribution in [0.3, 0.4) is 0 Å². The first-order chi connectivity index (χ1) is 15.6. The van der Waals surface area contributed by atoms with Crippen LogP contribution in [0, 0.1) is 16.4 Å². The van der Waals surface area contributed by atoms with Crippen LogP contribution in [0.25, 0.3) is 17.0 Å². The largest absolute Gasteiger partial charge is 0.381 e. The third-order valence-electron chi connectivity index (χ3n) is 6.06. The number of nitrogens with one attached hydrogen (secondary N) is 1. The number of anilines is 1. The molecule has 0 unspecified atom stereocenters. The van der Waals surface area contributed by atoms with Gasteiger partial charge in [-0.1, -0.05) is 18.2 Å². The van der Waals surface area contributed by atoms with Crippen LogP contribution in [-0.2, 0) is 24.8 Å². The van der Waals surface area contributed by atoms with Gasteiger partial charge in [-0.25, -0.2) is 9.97 Å². The number of aryl methyl sites for hydroxylation is 2. The number of aromatic nitrogens is 5.